The zero-order chi connectivity index (χ0) is 19.3. The van der Waals surface area contributed by atoms with E-state index in [9.17, 15) is 9.18 Å². The molecule has 5 rings (SSSR count). The highest BCUT2D eigenvalue weighted by atomic mass is 19.1. The quantitative estimate of drug-likeness (QED) is 0.581. The standard InChI is InChI=1S/C23H20FN3O/c1-26-21-13-18(6-7-19(21)20-8-10-25-14-22(20)26)27-11-9-16(12-23(27)28)15-2-4-17(24)5-3-15/h2-7,9,11-13,25H,8,10,14H2,1H3. The molecule has 1 N–H and O–H groups in total. The number of hydrogen-bond acceptors (Lipinski definition) is 2. The summed E-state index contributed by atoms with van der Waals surface area (Å²) < 4.78 is 17.0. The lowest BCUT2D eigenvalue weighted by atomic mass is 10.0. The minimum absolute atomic E-state index is 0.109. The van der Waals surface area contributed by atoms with Crippen molar-refractivity contribution in [3.05, 3.63) is 88.2 Å². The van der Waals surface area contributed by atoms with Crippen LogP contribution in [0.25, 0.3) is 27.7 Å². The zero-order valence-corrected chi connectivity index (χ0v) is 15.6. The molecule has 1 aliphatic rings. The van der Waals surface area contributed by atoms with Crippen LogP contribution in [-0.2, 0) is 20.0 Å². The largest absolute Gasteiger partial charge is 0.346 e. The average Bonchev–Trinajstić information content (AvgIpc) is 3.01. The van der Waals surface area contributed by atoms with Crippen molar-refractivity contribution in [2.24, 2.45) is 7.05 Å². The first-order valence-electron chi connectivity index (χ1n) is 9.42. The van der Waals surface area contributed by atoms with Gasteiger partial charge in [-0.2, -0.15) is 0 Å². The van der Waals surface area contributed by atoms with Crippen LogP contribution in [0.3, 0.4) is 0 Å². The van der Waals surface area contributed by atoms with Gasteiger partial charge in [0.1, 0.15) is 5.82 Å². The normalized spacial score (nSPS) is 13.6. The Morgan fingerprint density at radius 2 is 1.82 bits per heavy atom. The number of rotatable bonds is 2. The predicted octanol–water partition coefficient (Wildman–Crippen LogP) is 3.78. The molecule has 0 spiro atoms. The number of nitrogens with zero attached hydrogens (tertiary/aromatic N) is 2. The summed E-state index contributed by atoms with van der Waals surface area (Å²) in [6, 6.07) is 15.9. The van der Waals surface area contributed by atoms with Crippen LogP contribution >= 0.6 is 0 Å². The Hall–Kier alpha value is -3.18. The van der Waals surface area contributed by atoms with E-state index in [0.29, 0.717) is 0 Å². The molecule has 4 aromatic rings. The van der Waals surface area contributed by atoms with Crippen molar-refractivity contribution in [1.82, 2.24) is 14.5 Å². The zero-order valence-electron chi connectivity index (χ0n) is 15.6. The fraction of sp³-hybridized carbons (Fsp3) is 0.174. The molecular formula is C23H20FN3O. The van der Waals surface area contributed by atoms with E-state index in [1.54, 1.807) is 29.0 Å². The minimum Gasteiger partial charge on any atom is -0.346 e. The molecule has 140 valence electrons. The molecule has 0 atom stereocenters. The van der Waals surface area contributed by atoms with E-state index in [0.717, 1.165) is 41.8 Å². The molecule has 5 heteroatoms. The molecule has 0 radical (unpaired) electrons. The molecule has 0 saturated carbocycles. The van der Waals surface area contributed by atoms with Crippen molar-refractivity contribution < 1.29 is 4.39 Å². The van der Waals surface area contributed by atoms with Gasteiger partial charge in [0.15, 0.2) is 0 Å². The number of halogens is 1. The lowest BCUT2D eigenvalue weighted by molar-refractivity contribution is 0.614. The molecule has 28 heavy (non-hydrogen) atoms. The van der Waals surface area contributed by atoms with Crippen molar-refractivity contribution in [3.63, 3.8) is 0 Å². The van der Waals surface area contributed by atoms with E-state index in [4.69, 9.17) is 0 Å². The van der Waals surface area contributed by atoms with E-state index < -0.39 is 0 Å². The van der Waals surface area contributed by atoms with Gasteiger partial charge in [-0.3, -0.25) is 9.36 Å². The van der Waals surface area contributed by atoms with Crippen molar-refractivity contribution in [3.8, 4) is 16.8 Å². The molecule has 0 bridgehead atoms. The van der Waals surface area contributed by atoms with Crippen LogP contribution in [0.2, 0.25) is 0 Å². The Morgan fingerprint density at radius 1 is 1.00 bits per heavy atom. The summed E-state index contributed by atoms with van der Waals surface area (Å²) in [5, 5.41) is 4.69. The highest BCUT2D eigenvalue weighted by Crippen LogP contribution is 2.29. The Kier molecular flexibility index (Phi) is 3.91. The van der Waals surface area contributed by atoms with Gasteiger partial charge in [-0.15, -0.1) is 0 Å². The van der Waals surface area contributed by atoms with Crippen molar-refractivity contribution in [1.29, 1.82) is 0 Å². The van der Waals surface area contributed by atoms with Gasteiger partial charge >= 0.3 is 0 Å². The number of hydrogen-bond donors (Lipinski definition) is 1. The minimum atomic E-state index is -0.286. The first-order valence-corrected chi connectivity index (χ1v) is 9.42. The van der Waals surface area contributed by atoms with Crippen LogP contribution in [0.1, 0.15) is 11.3 Å². The molecular weight excluding hydrogens is 353 g/mol. The van der Waals surface area contributed by atoms with Gasteiger partial charge in [0.25, 0.3) is 5.56 Å². The third-order valence-corrected chi connectivity index (χ3v) is 5.64. The lowest BCUT2D eigenvalue weighted by Gasteiger charge is -2.14. The van der Waals surface area contributed by atoms with Gasteiger partial charge in [-0.1, -0.05) is 18.2 Å². The van der Waals surface area contributed by atoms with Gasteiger partial charge in [-0.05, 0) is 60.0 Å². The maximum Gasteiger partial charge on any atom is 0.255 e. The molecule has 0 unspecified atom stereocenters. The van der Waals surface area contributed by atoms with Crippen LogP contribution in [0, 0.1) is 5.82 Å². The van der Waals surface area contributed by atoms with Crippen LogP contribution in [0.5, 0.6) is 0 Å². The maximum absolute atomic E-state index is 13.1. The number of aromatic nitrogens is 2. The summed E-state index contributed by atoms with van der Waals surface area (Å²) in [6.07, 6.45) is 2.81. The smallest absolute Gasteiger partial charge is 0.255 e. The van der Waals surface area contributed by atoms with E-state index >= 15 is 0 Å². The average molecular weight is 373 g/mol. The number of fused-ring (bicyclic) bond motifs is 3. The summed E-state index contributed by atoms with van der Waals surface area (Å²) in [5.74, 6) is -0.286. The van der Waals surface area contributed by atoms with E-state index in [1.807, 2.05) is 12.1 Å². The van der Waals surface area contributed by atoms with Crippen LogP contribution < -0.4 is 10.9 Å². The number of benzene rings is 2. The highest BCUT2D eigenvalue weighted by molar-refractivity contribution is 5.87. The van der Waals surface area contributed by atoms with E-state index in [-0.39, 0.29) is 11.4 Å². The second kappa shape index (κ2) is 6.46. The molecule has 0 amide bonds. The van der Waals surface area contributed by atoms with Gasteiger partial charge in [0.05, 0.1) is 11.2 Å². The van der Waals surface area contributed by atoms with Gasteiger partial charge in [-0.25, -0.2) is 4.39 Å². The Bertz CT molecular complexity index is 1250. The topological polar surface area (TPSA) is 39.0 Å². The summed E-state index contributed by atoms with van der Waals surface area (Å²) in [6.45, 7) is 1.88. The summed E-state index contributed by atoms with van der Waals surface area (Å²) in [7, 11) is 2.08. The van der Waals surface area contributed by atoms with Crippen molar-refractivity contribution in [2.45, 2.75) is 13.0 Å². The van der Waals surface area contributed by atoms with Crippen molar-refractivity contribution >= 4 is 10.9 Å². The second-order valence-corrected chi connectivity index (χ2v) is 7.24. The summed E-state index contributed by atoms with van der Waals surface area (Å²) >= 11 is 0. The van der Waals surface area contributed by atoms with Crippen LogP contribution in [0.4, 0.5) is 4.39 Å². The molecule has 2 aromatic heterocycles. The Balaban J connectivity index is 1.59. The summed E-state index contributed by atoms with van der Waals surface area (Å²) in [5.41, 5.74) is 6.20. The molecule has 0 aliphatic carbocycles. The van der Waals surface area contributed by atoms with Gasteiger partial charge in [0.2, 0.25) is 0 Å². The molecule has 3 heterocycles. The molecule has 1 aliphatic heterocycles. The van der Waals surface area contributed by atoms with Crippen LogP contribution in [0.15, 0.2) is 65.6 Å². The molecule has 4 nitrogen and oxygen atoms in total. The summed E-state index contributed by atoms with van der Waals surface area (Å²) in [4.78, 5) is 12.8. The van der Waals surface area contributed by atoms with Gasteiger partial charge in [0, 0.05) is 36.9 Å². The van der Waals surface area contributed by atoms with Crippen LogP contribution in [-0.4, -0.2) is 15.7 Å². The maximum atomic E-state index is 13.1. The van der Waals surface area contributed by atoms with Gasteiger partial charge < -0.3 is 9.88 Å². The Labute approximate surface area is 161 Å². The number of nitrogens with one attached hydrogen (secondary N) is 1. The first-order chi connectivity index (χ1) is 13.6. The Morgan fingerprint density at radius 3 is 2.61 bits per heavy atom. The third-order valence-electron chi connectivity index (χ3n) is 5.64. The second-order valence-electron chi connectivity index (χ2n) is 7.24. The van der Waals surface area contributed by atoms with E-state index in [1.165, 1.54) is 28.8 Å². The number of aryl methyl sites for hydroxylation is 1. The lowest BCUT2D eigenvalue weighted by Crippen LogP contribution is -2.24. The molecule has 0 saturated heterocycles. The fourth-order valence-corrected chi connectivity index (χ4v) is 4.14. The first kappa shape index (κ1) is 17.0. The highest BCUT2D eigenvalue weighted by Gasteiger charge is 2.18. The third kappa shape index (κ3) is 2.67. The monoisotopic (exact) mass is 373 g/mol. The molecule has 0 fully saturated rings. The predicted molar refractivity (Wildman–Crippen MR) is 109 cm³/mol. The number of pyridine rings is 1. The SMILES string of the molecule is Cn1c2c(c3ccc(-n4ccc(-c5ccc(F)cc5)cc4=O)cc31)CCNC2. The van der Waals surface area contributed by atoms with E-state index in [2.05, 4.69) is 29.1 Å². The fourth-order valence-electron chi connectivity index (χ4n) is 4.14. The molecule has 2 aromatic carbocycles. The van der Waals surface area contributed by atoms with Crippen molar-refractivity contribution in [2.75, 3.05) is 6.54 Å².